The lowest BCUT2D eigenvalue weighted by atomic mass is 10.1. The molecule has 2 aromatic carbocycles. The Kier molecular flexibility index (Phi) is 8.07. The molecule has 178 valence electrons. The predicted octanol–water partition coefficient (Wildman–Crippen LogP) is 4.47. The van der Waals surface area contributed by atoms with Crippen molar-refractivity contribution in [1.82, 2.24) is 0 Å². The molecule has 1 atom stereocenters. The van der Waals surface area contributed by atoms with Gasteiger partial charge in [0.05, 0.1) is 21.6 Å². The number of sulfone groups is 1. The van der Waals surface area contributed by atoms with Gasteiger partial charge in [-0.05, 0) is 69.2 Å². The van der Waals surface area contributed by atoms with Gasteiger partial charge in [0.2, 0.25) is 11.8 Å². The summed E-state index contributed by atoms with van der Waals surface area (Å²) < 4.78 is 25.6. The fourth-order valence-electron chi connectivity index (χ4n) is 3.72. The van der Waals surface area contributed by atoms with Crippen LogP contribution in [-0.4, -0.2) is 44.3 Å². The minimum Gasteiger partial charge on any atom is -0.372 e. The van der Waals surface area contributed by atoms with E-state index >= 15 is 0 Å². The number of nitrogens with zero attached hydrogens (tertiary/aromatic N) is 1. The number of amides is 2. The second kappa shape index (κ2) is 10.6. The van der Waals surface area contributed by atoms with Crippen LogP contribution in [0.15, 0.2) is 46.2 Å². The zero-order valence-electron chi connectivity index (χ0n) is 19.5. The van der Waals surface area contributed by atoms with Crippen molar-refractivity contribution in [2.45, 2.75) is 55.6 Å². The predicted molar refractivity (Wildman–Crippen MR) is 135 cm³/mol. The number of carbonyl (C=O) groups is 2. The van der Waals surface area contributed by atoms with Crippen LogP contribution in [0.2, 0.25) is 0 Å². The van der Waals surface area contributed by atoms with Gasteiger partial charge in [-0.1, -0.05) is 6.92 Å². The number of rotatable bonds is 9. The third-order valence-electron chi connectivity index (χ3n) is 5.71. The Morgan fingerprint density at radius 1 is 1.12 bits per heavy atom. The topological polar surface area (TPSA) is 95.6 Å². The summed E-state index contributed by atoms with van der Waals surface area (Å²) in [6, 6.07) is 10.6. The Morgan fingerprint density at radius 3 is 2.48 bits per heavy atom. The van der Waals surface area contributed by atoms with E-state index in [1.807, 2.05) is 32.0 Å². The van der Waals surface area contributed by atoms with E-state index in [0.717, 1.165) is 29.2 Å². The minimum absolute atomic E-state index is 0.102. The maximum Gasteiger partial charge on any atom is 0.237 e. The molecule has 33 heavy (non-hydrogen) atoms. The standard InChI is InChI=1S/C24H31N3O4S2/c1-5-21-24(29)26-20-15-18(9-11-22(20)32-21)33(30,31)13-12-23(28)25-19-10-8-17(14-16(19)4)27(6-2)7-3/h8-11,14-15,21H,5-7,12-13H2,1-4H3,(H,25,28)(H,26,29)/t21-/m1/s1. The summed E-state index contributed by atoms with van der Waals surface area (Å²) in [5.41, 5.74) is 3.18. The van der Waals surface area contributed by atoms with Gasteiger partial charge in [-0.2, -0.15) is 0 Å². The first kappa shape index (κ1) is 25.1. The SMILES string of the molecule is CC[C@H]1Sc2ccc(S(=O)(=O)CCC(=O)Nc3ccc(N(CC)CC)cc3C)cc2NC1=O. The molecule has 9 heteroatoms. The summed E-state index contributed by atoms with van der Waals surface area (Å²) in [4.78, 5) is 27.8. The second-order valence-electron chi connectivity index (χ2n) is 7.95. The second-order valence-corrected chi connectivity index (χ2v) is 11.3. The van der Waals surface area contributed by atoms with Crippen LogP contribution in [0.25, 0.3) is 0 Å². The molecule has 0 aromatic heterocycles. The molecule has 2 N–H and O–H groups in total. The van der Waals surface area contributed by atoms with Gasteiger partial charge in [0.1, 0.15) is 0 Å². The third kappa shape index (κ3) is 5.89. The summed E-state index contributed by atoms with van der Waals surface area (Å²) in [6.07, 6.45) is 0.540. The molecule has 0 aliphatic carbocycles. The van der Waals surface area contributed by atoms with Gasteiger partial charge in [-0.15, -0.1) is 11.8 Å². The van der Waals surface area contributed by atoms with Crippen LogP contribution >= 0.6 is 11.8 Å². The summed E-state index contributed by atoms with van der Waals surface area (Å²) in [7, 11) is -3.68. The molecule has 0 saturated heterocycles. The summed E-state index contributed by atoms with van der Waals surface area (Å²) >= 11 is 1.44. The average molecular weight is 490 g/mol. The number of carbonyl (C=O) groups excluding carboxylic acids is 2. The van der Waals surface area contributed by atoms with Crippen LogP contribution in [-0.2, 0) is 19.4 Å². The number of nitrogens with one attached hydrogen (secondary N) is 2. The van der Waals surface area contributed by atoms with Crippen molar-refractivity contribution in [3.05, 3.63) is 42.0 Å². The molecule has 0 saturated carbocycles. The molecular formula is C24H31N3O4S2. The lowest BCUT2D eigenvalue weighted by Crippen LogP contribution is -2.28. The van der Waals surface area contributed by atoms with Crippen molar-refractivity contribution >= 4 is 50.5 Å². The molecule has 2 aromatic rings. The number of benzene rings is 2. The van der Waals surface area contributed by atoms with E-state index in [0.29, 0.717) is 17.8 Å². The van der Waals surface area contributed by atoms with Crippen LogP contribution in [0.5, 0.6) is 0 Å². The van der Waals surface area contributed by atoms with E-state index < -0.39 is 9.84 Å². The zero-order valence-corrected chi connectivity index (χ0v) is 21.1. The molecule has 2 amide bonds. The lowest BCUT2D eigenvalue weighted by molar-refractivity contribution is -0.116. The minimum atomic E-state index is -3.68. The summed E-state index contributed by atoms with van der Waals surface area (Å²) in [5.74, 6) is -0.788. The maximum absolute atomic E-state index is 12.8. The first-order valence-electron chi connectivity index (χ1n) is 11.2. The summed E-state index contributed by atoms with van der Waals surface area (Å²) in [6.45, 7) is 9.82. The molecule has 1 heterocycles. The Morgan fingerprint density at radius 2 is 1.85 bits per heavy atom. The number of anilines is 3. The largest absolute Gasteiger partial charge is 0.372 e. The monoisotopic (exact) mass is 489 g/mol. The van der Waals surface area contributed by atoms with E-state index in [4.69, 9.17) is 0 Å². The average Bonchev–Trinajstić information content (AvgIpc) is 2.79. The lowest BCUT2D eigenvalue weighted by Gasteiger charge is -2.23. The quantitative estimate of drug-likeness (QED) is 0.540. The smallest absolute Gasteiger partial charge is 0.237 e. The van der Waals surface area contributed by atoms with Crippen LogP contribution in [0.1, 0.15) is 39.2 Å². The highest BCUT2D eigenvalue weighted by atomic mass is 32.2. The fraction of sp³-hybridized carbons (Fsp3) is 0.417. The number of aryl methyl sites for hydroxylation is 1. The molecule has 0 spiro atoms. The molecule has 0 fully saturated rings. The first-order chi connectivity index (χ1) is 15.7. The molecule has 0 bridgehead atoms. The molecule has 7 nitrogen and oxygen atoms in total. The molecular weight excluding hydrogens is 458 g/mol. The normalized spacial score (nSPS) is 15.5. The van der Waals surface area contributed by atoms with E-state index in [1.54, 1.807) is 12.1 Å². The van der Waals surface area contributed by atoms with Crippen LogP contribution in [0.3, 0.4) is 0 Å². The number of fused-ring (bicyclic) bond motifs is 1. The molecule has 3 rings (SSSR count). The van der Waals surface area contributed by atoms with Crippen molar-refractivity contribution in [3.63, 3.8) is 0 Å². The van der Waals surface area contributed by atoms with Crippen LogP contribution in [0, 0.1) is 6.92 Å². The van der Waals surface area contributed by atoms with Gasteiger partial charge in [0, 0.05) is 35.8 Å². The third-order valence-corrected chi connectivity index (χ3v) is 8.87. The number of hydrogen-bond donors (Lipinski definition) is 2. The van der Waals surface area contributed by atoms with E-state index in [9.17, 15) is 18.0 Å². The maximum atomic E-state index is 12.8. The molecule has 0 radical (unpaired) electrons. The van der Waals surface area contributed by atoms with Gasteiger partial charge < -0.3 is 15.5 Å². The Hall–Kier alpha value is -2.52. The summed E-state index contributed by atoms with van der Waals surface area (Å²) in [5, 5.41) is 5.44. The zero-order chi connectivity index (χ0) is 24.2. The Bertz CT molecular complexity index is 1140. The van der Waals surface area contributed by atoms with E-state index in [-0.39, 0.29) is 34.1 Å². The molecule has 0 unspecified atom stereocenters. The molecule has 1 aliphatic heterocycles. The van der Waals surface area contributed by atoms with Crippen molar-refractivity contribution in [1.29, 1.82) is 0 Å². The molecule has 1 aliphatic rings. The fourth-order valence-corrected chi connectivity index (χ4v) is 6.01. The Labute approximate surface area is 200 Å². The van der Waals surface area contributed by atoms with Gasteiger partial charge in [0.15, 0.2) is 9.84 Å². The highest BCUT2D eigenvalue weighted by molar-refractivity contribution is 8.01. The Balaban J connectivity index is 1.64. The highest BCUT2D eigenvalue weighted by Gasteiger charge is 2.27. The van der Waals surface area contributed by atoms with E-state index in [2.05, 4.69) is 29.4 Å². The van der Waals surface area contributed by atoms with Crippen LogP contribution in [0.4, 0.5) is 17.1 Å². The van der Waals surface area contributed by atoms with Gasteiger partial charge in [0.25, 0.3) is 0 Å². The first-order valence-corrected chi connectivity index (χ1v) is 13.7. The van der Waals surface area contributed by atoms with Crippen molar-refractivity contribution in [2.75, 3.05) is 34.4 Å². The number of thioether (sulfide) groups is 1. The van der Waals surface area contributed by atoms with Gasteiger partial charge >= 0.3 is 0 Å². The van der Waals surface area contributed by atoms with Crippen molar-refractivity contribution in [2.24, 2.45) is 0 Å². The van der Waals surface area contributed by atoms with Crippen LogP contribution < -0.4 is 15.5 Å². The van der Waals surface area contributed by atoms with Crippen molar-refractivity contribution in [3.8, 4) is 0 Å². The van der Waals surface area contributed by atoms with Crippen molar-refractivity contribution < 1.29 is 18.0 Å². The van der Waals surface area contributed by atoms with E-state index in [1.165, 1.54) is 17.8 Å². The highest BCUT2D eigenvalue weighted by Crippen LogP contribution is 2.38. The number of hydrogen-bond acceptors (Lipinski definition) is 6. The van der Waals surface area contributed by atoms with Gasteiger partial charge in [-0.25, -0.2) is 8.42 Å². The van der Waals surface area contributed by atoms with Gasteiger partial charge in [-0.3, -0.25) is 9.59 Å².